The van der Waals surface area contributed by atoms with Crippen molar-refractivity contribution in [3.63, 3.8) is 0 Å². The number of benzene rings is 2. The van der Waals surface area contributed by atoms with Crippen LogP contribution in [0.5, 0.6) is 11.6 Å². The van der Waals surface area contributed by atoms with E-state index in [1.165, 1.54) is 13.2 Å². The van der Waals surface area contributed by atoms with Crippen molar-refractivity contribution in [3.8, 4) is 11.6 Å². The Kier molecular flexibility index (Phi) is 7.47. The van der Waals surface area contributed by atoms with E-state index in [0.29, 0.717) is 41.4 Å². The molecule has 3 aromatic rings. The first-order valence-electron chi connectivity index (χ1n) is 12.2. The molecule has 1 atom stereocenters. The van der Waals surface area contributed by atoms with E-state index < -0.39 is 11.9 Å². The molecule has 4 rings (SSSR count). The topological polar surface area (TPSA) is 80.8 Å². The fourth-order valence-electron chi connectivity index (χ4n) is 4.61. The highest BCUT2D eigenvalue weighted by Gasteiger charge is 2.36. The lowest BCUT2D eigenvalue weighted by Gasteiger charge is -2.36. The minimum Gasteiger partial charge on any atom is -0.497 e. The lowest BCUT2D eigenvalue weighted by Crippen LogP contribution is -2.46. The number of nitrogens with one attached hydrogen (secondary N) is 1. The number of pyridine rings is 1. The largest absolute Gasteiger partial charge is 0.497 e. The highest BCUT2D eigenvalue weighted by Crippen LogP contribution is 2.34. The van der Waals surface area contributed by atoms with E-state index in [0.717, 1.165) is 11.1 Å². The maximum atomic E-state index is 14.8. The van der Waals surface area contributed by atoms with Gasteiger partial charge in [-0.3, -0.25) is 9.59 Å². The number of ether oxygens (including phenoxy) is 2. The van der Waals surface area contributed by atoms with E-state index in [1.807, 2.05) is 32.9 Å². The van der Waals surface area contributed by atoms with Gasteiger partial charge in [0.05, 0.1) is 20.6 Å². The summed E-state index contributed by atoms with van der Waals surface area (Å²) in [6.45, 7) is 6.15. The van der Waals surface area contributed by atoms with E-state index in [-0.39, 0.29) is 23.6 Å². The van der Waals surface area contributed by atoms with E-state index in [2.05, 4.69) is 10.3 Å². The second-order valence-electron chi connectivity index (χ2n) is 10.1. The molecule has 0 spiro atoms. The van der Waals surface area contributed by atoms with Gasteiger partial charge in [-0.15, -0.1) is 0 Å². The van der Waals surface area contributed by atoms with Crippen molar-refractivity contribution in [1.29, 1.82) is 0 Å². The van der Waals surface area contributed by atoms with Crippen LogP contribution in [0.3, 0.4) is 0 Å². The fourth-order valence-corrected chi connectivity index (χ4v) is 4.61. The number of carbonyl (C=O) groups is 2. The molecule has 1 aliphatic heterocycles. The molecule has 0 saturated carbocycles. The molecule has 1 aliphatic rings. The van der Waals surface area contributed by atoms with Crippen LogP contribution in [0.4, 0.5) is 10.1 Å². The predicted octanol–water partition coefficient (Wildman–Crippen LogP) is 4.84. The summed E-state index contributed by atoms with van der Waals surface area (Å²) in [4.78, 5) is 32.8. The van der Waals surface area contributed by atoms with Gasteiger partial charge >= 0.3 is 0 Å². The zero-order valence-electron chi connectivity index (χ0n) is 21.8. The summed E-state index contributed by atoms with van der Waals surface area (Å²) in [5, 5.41) is 2.83. The van der Waals surface area contributed by atoms with Crippen molar-refractivity contribution >= 4 is 17.5 Å². The van der Waals surface area contributed by atoms with Crippen LogP contribution in [-0.2, 0) is 27.8 Å². The highest BCUT2D eigenvalue weighted by atomic mass is 19.1. The average Bonchev–Trinajstić information content (AvgIpc) is 2.87. The van der Waals surface area contributed by atoms with Crippen LogP contribution in [0.2, 0.25) is 0 Å². The molecule has 1 aromatic heterocycles. The molecule has 0 fully saturated rings. The van der Waals surface area contributed by atoms with Crippen LogP contribution >= 0.6 is 0 Å². The third kappa shape index (κ3) is 5.74. The number of anilines is 1. The number of rotatable bonds is 6. The number of amides is 2. The number of nitrogens with zero attached hydrogens (tertiary/aromatic N) is 2. The lowest BCUT2D eigenvalue weighted by atomic mass is 9.86. The predicted molar refractivity (Wildman–Crippen MR) is 139 cm³/mol. The van der Waals surface area contributed by atoms with Gasteiger partial charge in [0.15, 0.2) is 0 Å². The van der Waals surface area contributed by atoms with Gasteiger partial charge in [0.1, 0.15) is 17.6 Å². The Labute approximate surface area is 216 Å². The summed E-state index contributed by atoms with van der Waals surface area (Å²) in [6, 6.07) is 12.8. The number of hydrogen-bond donors (Lipinski definition) is 1. The maximum Gasteiger partial charge on any atom is 0.251 e. The molecule has 2 aromatic carbocycles. The number of carbonyl (C=O) groups excluding carboxylic acids is 2. The lowest BCUT2D eigenvalue weighted by molar-refractivity contribution is -0.139. The quantitative estimate of drug-likeness (QED) is 0.518. The molecule has 0 bridgehead atoms. The molecule has 0 saturated heterocycles. The normalized spacial score (nSPS) is 15.1. The number of aromatic nitrogens is 1. The molecular formula is C29H32FN3O4. The summed E-state index contributed by atoms with van der Waals surface area (Å²) in [7, 11) is 3.11. The molecule has 2 amide bonds. The SMILES string of the molecule is COc1ccc2c(c1)CCN(C(=O)Cc1ccc(OC)nc1)[C@H]2C(=O)Nc1ccc(C(C)(C)C)c(F)c1. The number of methoxy groups -OCH3 is 2. The Hall–Kier alpha value is -3.94. The Morgan fingerprint density at radius 3 is 2.49 bits per heavy atom. The first kappa shape index (κ1) is 26.1. The van der Waals surface area contributed by atoms with Crippen molar-refractivity contribution < 1.29 is 23.5 Å². The van der Waals surface area contributed by atoms with Crippen molar-refractivity contribution in [2.24, 2.45) is 0 Å². The number of fused-ring (bicyclic) bond motifs is 1. The van der Waals surface area contributed by atoms with Gasteiger partial charge in [-0.05, 0) is 58.4 Å². The van der Waals surface area contributed by atoms with Gasteiger partial charge in [-0.1, -0.05) is 39.0 Å². The van der Waals surface area contributed by atoms with Crippen LogP contribution in [0.15, 0.2) is 54.7 Å². The monoisotopic (exact) mass is 505 g/mol. The smallest absolute Gasteiger partial charge is 0.251 e. The minimum atomic E-state index is -0.876. The Morgan fingerprint density at radius 2 is 1.86 bits per heavy atom. The van der Waals surface area contributed by atoms with E-state index >= 15 is 0 Å². The maximum absolute atomic E-state index is 14.8. The first-order chi connectivity index (χ1) is 17.6. The third-order valence-electron chi connectivity index (χ3n) is 6.55. The average molecular weight is 506 g/mol. The van der Waals surface area contributed by atoms with Crippen LogP contribution in [0.1, 0.15) is 49.1 Å². The van der Waals surface area contributed by atoms with Crippen molar-refractivity contribution in [2.75, 3.05) is 26.1 Å². The highest BCUT2D eigenvalue weighted by molar-refractivity contribution is 5.98. The van der Waals surface area contributed by atoms with Gasteiger partial charge in [-0.25, -0.2) is 9.37 Å². The molecule has 37 heavy (non-hydrogen) atoms. The van der Waals surface area contributed by atoms with Crippen molar-refractivity contribution in [2.45, 2.75) is 45.1 Å². The molecular weight excluding hydrogens is 473 g/mol. The van der Waals surface area contributed by atoms with Crippen LogP contribution in [-0.4, -0.2) is 42.5 Å². The van der Waals surface area contributed by atoms with E-state index in [4.69, 9.17) is 9.47 Å². The minimum absolute atomic E-state index is 0.0845. The zero-order chi connectivity index (χ0) is 26.7. The molecule has 194 valence electrons. The van der Waals surface area contributed by atoms with Gasteiger partial charge in [-0.2, -0.15) is 0 Å². The van der Waals surface area contributed by atoms with Gasteiger partial charge in [0.2, 0.25) is 11.8 Å². The summed E-state index contributed by atoms with van der Waals surface area (Å²) in [5.74, 6) is 0.137. The summed E-state index contributed by atoms with van der Waals surface area (Å²) in [5.41, 5.74) is 2.90. The second kappa shape index (κ2) is 10.6. The molecule has 0 aliphatic carbocycles. The molecule has 0 radical (unpaired) electrons. The third-order valence-corrected chi connectivity index (χ3v) is 6.55. The molecule has 8 heteroatoms. The zero-order valence-corrected chi connectivity index (χ0v) is 21.8. The van der Waals surface area contributed by atoms with Crippen molar-refractivity contribution in [1.82, 2.24) is 9.88 Å². The Morgan fingerprint density at radius 1 is 1.08 bits per heavy atom. The fraction of sp³-hybridized carbons (Fsp3) is 0.345. The van der Waals surface area contributed by atoms with Gasteiger partial charge in [0, 0.05) is 24.5 Å². The van der Waals surface area contributed by atoms with Crippen molar-refractivity contribution in [3.05, 3.63) is 82.8 Å². The second-order valence-corrected chi connectivity index (χ2v) is 10.1. The summed E-state index contributed by atoms with van der Waals surface area (Å²) >= 11 is 0. The molecule has 2 heterocycles. The van der Waals surface area contributed by atoms with Crippen LogP contribution < -0.4 is 14.8 Å². The molecule has 0 unspecified atom stereocenters. The van der Waals surface area contributed by atoms with E-state index in [1.54, 1.807) is 48.5 Å². The number of hydrogen-bond acceptors (Lipinski definition) is 5. The first-order valence-corrected chi connectivity index (χ1v) is 12.2. The van der Waals surface area contributed by atoms with Gasteiger partial charge in [0.25, 0.3) is 5.91 Å². The van der Waals surface area contributed by atoms with Gasteiger partial charge < -0.3 is 19.7 Å². The molecule has 1 N–H and O–H groups in total. The summed E-state index contributed by atoms with van der Waals surface area (Å²) in [6.07, 6.45) is 2.26. The van der Waals surface area contributed by atoms with E-state index in [9.17, 15) is 14.0 Å². The number of halogens is 1. The Balaban J connectivity index is 1.63. The van der Waals surface area contributed by atoms with Crippen LogP contribution in [0, 0.1) is 5.82 Å². The summed E-state index contributed by atoms with van der Waals surface area (Å²) < 4.78 is 25.3. The molecule has 7 nitrogen and oxygen atoms in total. The standard InChI is InChI=1S/C29H32FN3O4/c1-29(2,3)23-10-7-20(16-24(23)30)32-28(35)27-22-9-8-21(36-4)15-19(22)12-13-33(27)26(34)14-18-6-11-25(37-5)31-17-18/h6-11,15-17,27H,12-14H2,1-5H3,(H,32,35)/t27-/m1/s1. The van der Waals surface area contributed by atoms with Crippen LogP contribution in [0.25, 0.3) is 0 Å². The Bertz CT molecular complexity index is 1300.